The van der Waals surface area contributed by atoms with Crippen LogP contribution in [0.1, 0.15) is 62.0 Å². The normalized spacial score (nSPS) is 18.2. The lowest BCUT2D eigenvalue weighted by Gasteiger charge is -2.35. The molecule has 1 saturated heterocycles. The average Bonchev–Trinajstić information content (AvgIpc) is 3.11. The van der Waals surface area contributed by atoms with Crippen molar-refractivity contribution in [1.29, 1.82) is 0 Å². The molecule has 0 aliphatic carbocycles. The molecule has 0 saturated carbocycles. The van der Waals surface area contributed by atoms with E-state index in [4.69, 9.17) is 4.52 Å². The lowest BCUT2D eigenvalue weighted by atomic mass is 9.95. The zero-order chi connectivity index (χ0) is 17.3. The van der Waals surface area contributed by atoms with E-state index >= 15 is 0 Å². The minimum atomic E-state index is 0.0267. The van der Waals surface area contributed by atoms with Gasteiger partial charge in [-0.1, -0.05) is 12.1 Å². The van der Waals surface area contributed by atoms with Crippen molar-refractivity contribution < 1.29 is 9.32 Å². The molecule has 1 unspecified atom stereocenters. The molecule has 0 radical (unpaired) electrons. The summed E-state index contributed by atoms with van der Waals surface area (Å²) in [6.07, 6.45) is 6.57. The van der Waals surface area contributed by atoms with Crippen LogP contribution in [0.4, 0.5) is 0 Å². The highest BCUT2D eigenvalue weighted by Crippen LogP contribution is 2.37. The number of nitrogens with zero attached hydrogens (tertiary/aromatic N) is 4. The van der Waals surface area contributed by atoms with Gasteiger partial charge in [-0.05, 0) is 39.5 Å². The second kappa shape index (κ2) is 6.79. The molecule has 0 N–H and O–H groups in total. The fourth-order valence-corrected chi connectivity index (χ4v) is 3.47. The molecule has 130 valence electrons. The van der Waals surface area contributed by atoms with E-state index < -0.39 is 0 Å². The predicted octanol–water partition coefficient (Wildman–Crippen LogP) is 3.55. The molecule has 1 amide bonds. The van der Waals surface area contributed by atoms with Gasteiger partial charge in [-0.25, -0.2) is 0 Å². The number of carbonyl (C=O) groups is 1. The van der Waals surface area contributed by atoms with Crippen molar-refractivity contribution in [2.75, 3.05) is 6.54 Å². The van der Waals surface area contributed by atoms with Gasteiger partial charge < -0.3 is 9.42 Å². The maximum Gasteiger partial charge on any atom is 0.223 e. The molecule has 1 fully saturated rings. The van der Waals surface area contributed by atoms with Crippen LogP contribution in [-0.2, 0) is 11.8 Å². The van der Waals surface area contributed by atoms with Gasteiger partial charge in [0, 0.05) is 31.8 Å². The van der Waals surface area contributed by atoms with Crippen LogP contribution in [0.25, 0.3) is 11.3 Å². The first-order valence-corrected chi connectivity index (χ1v) is 8.79. The maximum atomic E-state index is 12.6. The first kappa shape index (κ1) is 16.7. The number of hydrogen-bond acceptors (Lipinski definition) is 4. The molecule has 0 spiro atoms. The summed E-state index contributed by atoms with van der Waals surface area (Å²) in [5, 5.41) is 8.77. The summed E-state index contributed by atoms with van der Waals surface area (Å²) >= 11 is 0. The molecule has 6 heteroatoms. The molecule has 6 nitrogen and oxygen atoms in total. The summed E-state index contributed by atoms with van der Waals surface area (Å²) < 4.78 is 7.37. The van der Waals surface area contributed by atoms with Crippen LogP contribution in [0.5, 0.6) is 0 Å². The number of piperidine rings is 1. The van der Waals surface area contributed by atoms with Crippen molar-refractivity contribution in [2.24, 2.45) is 7.05 Å². The zero-order valence-corrected chi connectivity index (χ0v) is 15.0. The van der Waals surface area contributed by atoms with Crippen LogP contribution in [0.15, 0.2) is 10.7 Å². The van der Waals surface area contributed by atoms with Gasteiger partial charge in [-0.2, -0.15) is 5.10 Å². The van der Waals surface area contributed by atoms with Gasteiger partial charge in [-0.15, -0.1) is 0 Å². The predicted molar refractivity (Wildman–Crippen MR) is 91.4 cm³/mol. The Balaban J connectivity index is 2.01. The fourth-order valence-electron chi connectivity index (χ4n) is 3.47. The average molecular weight is 330 g/mol. The summed E-state index contributed by atoms with van der Waals surface area (Å²) in [5.74, 6) is 0.994. The minimum Gasteiger partial charge on any atom is -0.356 e. The Hall–Kier alpha value is -2.11. The van der Waals surface area contributed by atoms with E-state index in [1.165, 1.54) is 0 Å². The number of carbonyl (C=O) groups excluding carboxylic acids is 1. The molecule has 1 aliphatic rings. The highest BCUT2D eigenvalue weighted by atomic mass is 16.5. The zero-order valence-electron chi connectivity index (χ0n) is 15.0. The van der Waals surface area contributed by atoms with Crippen LogP contribution < -0.4 is 0 Å². The van der Waals surface area contributed by atoms with E-state index in [9.17, 15) is 4.79 Å². The fraction of sp³-hybridized carbons (Fsp3) is 0.611. The van der Waals surface area contributed by atoms with Gasteiger partial charge in [0.25, 0.3) is 0 Å². The Morgan fingerprint density at radius 1 is 1.38 bits per heavy atom. The van der Waals surface area contributed by atoms with Crippen molar-refractivity contribution in [3.05, 3.63) is 23.1 Å². The molecular formula is C18H26N4O2. The summed E-state index contributed by atoms with van der Waals surface area (Å²) in [7, 11) is 1.91. The van der Waals surface area contributed by atoms with Gasteiger partial charge in [-0.3, -0.25) is 9.48 Å². The van der Waals surface area contributed by atoms with Gasteiger partial charge in [0.2, 0.25) is 5.91 Å². The molecule has 24 heavy (non-hydrogen) atoms. The van der Waals surface area contributed by atoms with Crippen molar-refractivity contribution in [2.45, 2.75) is 58.9 Å². The van der Waals surface area contributed by atoms with Gasteiger partial charge >= 0.3 is 0 Å². The Morgan fingerprint density at radius 2 is 2.17 bits per heavy atom. The second-order valence-electron chi connectivity index (χ2n) is 6.67. The Bertz CT molecular complexity index is 731. The van der Waals surface area contributed by atoms with Crippen molar-refractivity contribution in [3.8, 4) is 11.3 Å². The SMILES string of the molecule is CCCC(=O)N1CCCCC1c1nn(C)cc1-c1onc(C)c1C. The topological polar surface area (TPSA) is 64.2 Å². The number of hydrogen-bond donors (Lipinski definition) is 0. The van der Waals surface area contributed by atoms with Crippen LogP contribution in [0.2, 0.25) is 0 Å². The molecule has 2 aromatic rings. The molecule has 3 rings (SSSR count). The quantitative estimate of drug-likeness (QED) is 0.860. The lowest BCUT2D eigenvalue weighted by Crippen LogP contribution is -2.38. The number of rotatable bonds is 4. The molecule has 1 atom stereocenters. The van der Waals surface area contributed by atoms with Gasteiger partial charge in [0.1, 0.15) is 0 Å². The van der Waals surface area contributed by atoms with E-state index in [-0.39, 0.29) is 11.9 Å². The highest BCUT2D eigenvalue weighted by Gasteiger charge is 2.32. The molecule has 3 heterocycles. The third kappa shape index (κ3) is 2.97. The van der Waals surface area contributed by atoms with E-state index in [0.29, 0.717) is 6.42 Å². The highest BCUT2D eigenvalue weighted by molar-refractivity contribution is 5.77. The van der Waals surface area contributed by atoms with E-state index in [2.05, 4.69) is 10.3 Å². The summed E-state index contributed by atoms with van der Waals surface area (Å²) in [6, 6.07) is 0.0267. The third-order valence-electron chi connectivity index (χ3n) is 4.86. The lowest BCUT2D eigenvalue weighted by molar-refractivity contribution is -0.135. The first-order valence-electron chi connectivity index (χ1n) is 8.79. The Labute approximate surface area is 142 Å². The monoisotopic (exact) mass is 330 g/mol. The molecule has 0 bridgehead atoms. The second-order valence-corrected chi connectivity index (χ2v) is 6.67. The van der Waals surface area contributed by atoms with E-state index in [1.54, 1.807) is 4.68 Å². The molecule has 0 aromatic carbocycles. The molecular weight excluding hydrogens is 304 g/mol. The van der Waals surface area contributed by atoms with Crippen LogP contribution >= 0.6 is 0 Å². The van der Waals surface area contributed by atoms with Crippen molar-refractivity contribution in [1.82, 2.24) is 19.8 Å². The van der Waals surface area contributed by atoms with Crippen LogP contribution in [-0.4, -0.2) is 32.3 Å². The number of amides is 1. The number of likely N-dealkylation sites (tertiary alicyclic amines) is 1. The van der Waals surface area contributed by atoms with E-state index in [0.717, 1.165) is 60.5 Å². The Morgan fingerprint density at radius 3 is 2.83 bits per heavy atom. The van der Waals surface area contributed by atoms with Crippen LogP contribution in [0, 0.1) is 13.8 Å². The van der Waals surface area contributed by atoms with Crippen LogP contribution in [0.3, 0.4) is 0 Å². The smallest absolute Gasteiger partial charge is 0.223 e. The Kier molecular flexibility index (Phi) is 4.73. The molecule has 1 aliphatic heterocycles. The summed E-state index contributed by atoms with van der Waals surface area (Å²) in [4.78, 5) is 14.6. The number of aryl methyl sites for hydroxylation is 2. The van der Waals surface area contributed by atoms with Crippen molar-refractivity contribution in [3.63, 3.8) is 0 Å². The minimum absolute atomic E-state index is 0.0267. The first-order chi connectivity index (χ1) is 11.5. The maximum absolute atomic E-state index is 12.6. The molecule has 2 aromatic heterocycles. The van der Waals surface area contributed by atoms with Gasteiger partial charge in [0.15, 0.2) is 5.76 Å². The number of aromatic nitrogens is 3. The van der Waals surface area contributed by atoms with Crippen molar-refractivity contribution >= 4 is 5.91 Å². The largest absolute Gasteiger partial charge is 0.356 e. The summed E-state index contributed by atoms with van der Waals surface area (Å²) in [6.45, 7) is 6.81. The standard InChI is InChI=1S/C18H26N4O2/c1-5-8-16(23)22-10-7-6-9-15(22)17-14(11-21(4)19-17)18-12(2)13(3)20-24-18/h11,15H,5-10H2,1-4H3. The summed E-state index contributed by atoms with van der Waals surface area (Å²) in [5.41, 5.74) is 3.81. The van der Waals surface area contributed by atoms with E-state index in [1.807, 2.05) is 38.9 Å². The third-order valence-corrected chi connectivity index (χ3v) is 4.86. The van der Waals surface area contributed by atoms with Gasteiger partial charge in [0.05, 0.1) is 23.0 Å².